The predicted molar refractivity (Wildman–Crippen MR) is 79.5 cm³/mol. The molecule has 1 fully saturated rings. The van der Waals surface area contributed by atoms with Gasteiger partial charge in [-0.25, -0.2) is 0 Å². The van der Waals surface area contributed by atoms with E-state index >= 15 is 0 Å². The number of hydrogen-bond donors (Lipinski definition) is 1. The Hall–Kier alpha value is -1.59. The van der Waals surface area contributed by atoms with Crippen molar-refractivity contribution in [2.45, 2.75) is 32.4 Å². The molecule has 0 amide bonds. The highest BCUT2D eigenvalue weighted by molar-refractivity contribution is 5.67. The zero-order chi connectivity index (χ0) is 15.1. The maximum absolute atomic E-state index is 10.9. The second-order valence-corrected chi connectivity index (χ2v) is 5.29. The summed E-state index contributed by atoms with van der Waals surface area (Å²) in [4.78, 5) is 13.1. The number of rotatable bonds is 7. The van der Waals surface area contributed by atoms with Crippen molar-refractivity contribution in [3.05, 3.63) is 29.8 Å². The summed E-state index contributed by atoms with van der Waals surface area (Å²) in [6.07, 6.45) is 1.10. The van der Waals surface area contributed by atoms with Crippen molar-refractivity contribution in [1.82, 2.24) is 4.90 Å². The Morgan fingerprint density at radius 2 is 2.38 bits per heavy atom. The Balaban J connectivity index is 1.99. The minimum absolute atomic E-state index is 0.0588. The second kappa shape index (κ2) is 8.00. The lowest BCUT2D eigenvalue weighted by atomic mass is 10.1. The van der Waals surface area contributed by atoms with Gasteiger partial charge in [-0.1, -0.05) is 19.1 Å². The molecule has 0 bridgehead atoms. The number of nitrogens with zero attached hydrogens (tertiary/aromatic N) is 1. The van der Waals surface area contributed by atoms with E-state index in [0.717, 1.165) is 30.8 Å². The Kier molecular flexibility index (Phi) is 6.02. The molecule has 1 aromatic carbocycles. The molecule has 1 N–H and O–H groups in total. The minimum atomic E-state index is -0.782. The van der Waals surface area contributed by atoms with Gasteiger partial charge in [0, 0.05) is 19.1 Å². The molecule has 0 aliphatic carbocycles. The van der Waals surface area contributed by atoms with Crippen LogP contribution in [-0.4, -0.2) is 48.4 Å². The Bertz CT molecular complexity index is 463. The van der Waals surface area contributed by atoms with Gasteiger partial charge in [-0.05, 0) is 24.1 Å². The number of aliphatic carboxylic acids is 1. The summed E-state index contributed by atoms with van der Waals surface area (Å²) in [6, 6.07) is 7.95. The Morgan fingerprint density at radius 3 is 3.14 bits per heavy atom. The van der Waals surface area contributed by atoms with Crippen molar-refractivity contribution < 1.29 is 19.4 Å². The highest BCUT2D eigenvalue weighted by atomic mass is 16.5. The van der Waals surface area contributed by atoms with E-state index in [-0.39, 0.29) is 12.5 Å². The van der Waals surface area contributed by atoms with Crippen LogP contribution in [0.15, 0.2) is 24.3 Å². The van der Waals surface area contributed by atoms with E-state index < -0.39 is 5.97 Å². The van der Waals surface area contributed by atoms with Gasteiger partial charge >= 0.3 is 5.97 Å². The van der Waals surface area contributed by atoms with Crippen molar-refractivity contribution >= 4 is 5.97 Å². The zero-order valence-electron chi connectivity index (χ0n) is 12.5. The van der Waals surface area contributed by atoms with Crippen LogP contribution >= 0.6 is 0 Å². The van der Waals surface area contributed by atoms with Crippen LogP contribution in [-0.2, 0) is 16.1 Å². The van der Waals surface area contributed by atoms with E-state index in [1.54, 1.807) is 0 Å². The number of carboxylic acid groups (broad SMARTS) is 1. The Labute approximate surface area is 125 Å². The van der Waals surface area contributed by atoms with E-state index in [1.807, 2.05) is 24.3 Å². The normalized spacial score (nSPS) is 19.4. The van der Waals surface area contributed by atoms with Crippen molar-refractivity contribution in [2.24, 2.45) is 0 Å². The lowest BCUT2D eigenvalue weighted by Crippen LogP contribution is -2.45. The van der Waals surface area contributed by atoms with Gasteiger partial charge in [0.1, 0.15) is 5.75 Å². The summed E-state index contributed by atoms with van der Waals surface area (Å²) in [5, 5.41) is 8.99. The molecule has 1 aliphatic rings. The van der Waals surface area contributed by atoms with Crippen molar-refractivity contribution in [3.8, 4) is 5.75 Å². The highest BCUT2D eigenvalue weighted by Crippen LogP contribution is 2.19. The van der Waals surface area contributed by atoms with Crippen molar-refractivity contribution in [3.63, 3.8) is 0 Å². The van der Waals surface area contributed by atoms with E-state index in [2.05, 4.69) is 11.8 Å². The van der Waals surface area contributed by atoms with Crippen LogP contribution in [0.1, 0.15) is 25.3 Å². The molecule has 0 spiro atoms. The summed E-state index contributed by atoms with van der Waals surface area (Å²) in [5.74, 6) is 0.0907. The number of benzene rings is 1. The molecule has 0 aromatic heterocycles. The third-order valence-corrected chi connectivity index (χ3v) is 3.52. The monoisotopic (exact) mass is 293 g/mol. The van der Waals surface area contributed by atoms with Gasteiger partial charge in [0.25, 0.3) is 0 Å². The average Bonchev–Trinajstić information content (AvgIpc) is 2.47. The van der Waals surface area contributed by atoms with Gasteiger partial charge in [-0.2, -0.15) is 0 Å². The van der Waals surface area contributed by atoms with Crippen LogP contribution in [0.3, 0.4) is 0 Å². The maximum Gasteiger partial charge on any atom is 0.305 e. The summed E-state index contributed by atoms with van der Waals surface area (Å²) in [5.41, 5.74) is 1.14. The molecule has 1 saturated heterocycles. The number of hydrogen-bond acceptors (Lipinski definition) is 4. The fourth-order valence-electron chi connectivity index (χ4n) is 2.47. The first-order valence-corrected chi connectivity index (χ1v) is 7.44. The number of morpholine rings is 1. The lowest BCUT2D eigenvalue weighted by Gasteiger charge is -2.34. The van der Waals surface area contributed by atoms with Crippen molar-refractivity contribution in [2.75, 3.05) is 26.4 Å². The molecule has 1 unspecified atom stereocenters. The molecule has 1 heterocycles. The first-order valence-electron chi connectivity index (χ1n) is 7.44. The van der Waals surface area contributed by atoms with E-state index in [0.29, 0.717) is 19.8 Å². The smallest absolute Gasteiger partial charge is 0.305 e. The molecule has 2 rings (SSSR count). The summed E-state index contributed by atoms with van der Waals surface area (Å²) in [6.45, 7) is 5.42. The largest absolute Gasteiger partial charge is 0.494 e. The lowest BCUT2D eigenvalue weighted by molar-refractivity contribution is -0.140. The summed E-state index contributed by atoms with van der Waals surface area (Å²) in [7, 11) is 0. The van der Waals surface area contributed by atoms with E-state index in [9.17, 15) is 4.79 Å². The quantitative estimate of drug-likeness (QED) is 0.834. The van der Waals surface area contributed by atoms with E-state index in [4.69, 9.17) is 14.6 Å². The van der Waals surface area contributed by atoms with Gasteiger partial charge in [0.15, 0.2) is 0 Å². The van der Waals surface area contributed by atoms with Crippen LogP contribution in [0.5, 0.6) is 5.75 Å². The SMILES string of the molecule is CCCOc1cccc(CN2CCOCC2CC(=O)O)c1. The second-order valence-electron chi connectivity index (χ2n) is 5.29. The van der Waals surface area contributed by atoms with Crippen LogP contribution in [0, 0.1) is 0 Å². The van der Waals surface area contributed by atoms with Gasteiger partial charge in [-0.15, -0.1) is 0 Å². The molecular weight excluding hydrogens is 270 g/mol. The fourth-order valence-corrected chi connectivity index (χ4v) is 2.47. The summed E-state index contributed by atoms with van der Waals surface area (Å²) >= 11 is 0. The Morgan fingerprint density at radius 1 is 1.52 bits per heavy atom. The predicted octanol–water partition coefficient (Wildman–Crippen LogP) is 2.15. The average molecular weight is 293 g/mol. The van der Waals surface area contributed by atoms with Gasteiger partial charge < -0.3 is 14.6 Å². The third kappa shape index (κ3) is 5.02. The molecule has 1 aromatic rings. The topological polar surface area (TPSA) is 59.0 Å². The number of carbonyl (C=O) groups is 1. The zero-order valence-corrected chi connectivity index (χ0v) is 12.5. The van der Waals surface area contributed by atoms with Gasteiger partial charge in [0.2, 0.25) is 0 Å². The van der Waals surface area contributed by atoms with Crippen molar-refractivity contribution in [1.29, 1.82) is 0 Å². The molecular formula is C16H23NO4. The molecule has 1 atom stereocenters. The molecule has 5 heteroatoms. The van der Waals surface area contributed by atoms with Gasteiger partial charge in [-0.3, -0.25) is 9.69 Å². The van der Waals surface area contributed by atoms with Crippen LogP contribution < -0.4 is 4.74 Å². The number of carboxylic acids is 1. The summed E-state index contributed by atoms with van der Waals surface area (Å²) < 4.78 is 11.0. The fraction of sp³-hybridized carbons (Fsp3) is 0.562. The molecule has 0 saturated carbocycles. The highest BCUT2D eigenvalue weighted by Gasteiger charge is 2.25. The molecule has 0 radical (unpaired) electrons. The maximum atomic E-state index is 10.9. The van der Waals surface area contributed by atoms with Crippen LogP contribution in [0.4, 0.5) is 0 Å². The molecule has 116 valence electrons. The van der Waals surface area contributed by atoms with Crippen LogP contribution in [0.2, 0.25) is 0 Å². The van der Waals surface area contributed by atoms with Crippen LogP contribution in [0.25, 0.3) is 0 Å². The molecule has 5 nitrogen and oxygen atoms in total. The molecule has 21 heavy (non-hydrogen) atoms. The number of ether oxygens (including phenoxy) is 2. The molecule has 1 aliphatic heterocycles. The van der Waals surface area contributed by atoms with Gasteiger partial charge in [0.05, 0.1) is 26.2 Å². The minimum Gasteiger partial charge on any atom is -0.494 e. The standard InChI is InChI=1S/C16H23NO4/c1-2-7-21-15-5-3-4-13(9-15)11-17-6-8-20-12-14(17)10-16(18)19/h3-5,9,14H,2,6-8,10-12H2,1H3,(H,18,19). The third-order valence-electron chi connectivity index (χ3n) is 3.52. The van der Waals surface area contributed by atoms with E-state index in [1.165, 1.54) is 0 Å². The first-order chi connectivity index (χ1) is 10.2. The first kappa shape index (κ1) is 15.8.